The Hall–Kier alpha value is -0.780. The van der Waals surface area contributed by atoms with Crippen LogP contribution in [0.2, 0.25) is 0 Å². The van der Waals surface area contributed by atoms with Gasteiger partial charge in [-0.1, -0.05) is 79.7 Å². The molecule has 1 fully saturated rings. The van der Waals surface area contributed by atoms with E-state index in [1.807, 2.05) is 0 Å². The Morgan fingerprint density at radius 1 is 0.955 bits per heavy atom. The highest BCUT2D eigenvalue weighted by molar-refractivity contribution is 5.32. The summed E-state index contributed by atoms with van der Waals surface area (Å²) in [6.45, 7) is 18.9. The van der Waals surface area contributed by atoms with Gasteiger partial charge < -0.3 is 0 Å². The van der Waals surface area contributed by atoms with Crippen LogP contribution in [0.1, 0.15) is 91.2 Å². The zero-order valence-corrected chi connectivity index (χ0v) is 16.0. The summed E-state index contributed by atoms with van der Waals surface area (Å²) in [6.07, 6.45) is 2.64. The van der Waals surface area contributed by atoms with Crippen LogP contribution in [0.15, 0.2) is 24.3 Å². The van der Waals surface area contributed by atoms with Gasteiger partial charge in [0.1, 0.15) is 0 Å². The zero-order valence-electron chi connectivity index (χ0n) is 16.0. The zero-order chi connectivity index (χ0) is 16.7. The van der Waals surface area contributed by atoms with Crippen molar-refractivity contribution in [3.05, 3.63) is 35.4 Å². The SMILES string of the molecule is CC(C)C(CC(C)(C)C)c1ccc(C2CC2C(C)(C)C)cc1. The first kappa shape index (κ1) is 17.6. The lowest BCUT2D eigenvalue weighted by molar-refractivity contribution is 0.301. The molecule has 0 spiro atoms. The van der Waals surface area contributed by atoms with Gasteiger partial charge in [0.2, 0.25) is 0 Å². The molecule has 124 valence electrons. The van der Waals surface area contributed by atoms with Crippen molar-refractivity contribution in [1.29, 1.82) is 0 Å². The average molecular weight is 301 g/mol. The van der Waals surface area contributed by atoms with Crippen molar-refractivity contribution in [1.82, 2.24) is 0 Å². The smallest absolute Gasteiger partial charge is 0.0125 e. The van der Waals surface area contributed by atoms with Gasteiger partial charge in [-0.15, -0.1) is 0 Å². The molecule has 0 amide bonds. The van der Waals surface area contributed by atoms with Crippen molar-refractivity contribution in [3.63, 3.8) is 0 Å². The summed E-state index contributed by atoms with van der Waals surface area (Å²) >= 11 is 0. The van der Waals surface area contributed by atoms with Gasteiger partial charge >= 0.3 is 0 Å². The highest BCUT2D eigenvalue weighted by Gasteiger charge is 2.45. The van der Waals surface area contributed by atoms with Gasteiger partial charge in [0.25, 0.3) is 0 Å². The van der Waals surface area contributed by atoms with Crippen molar-refractivity contribution in [2.24, 2.45) is 22.7 Å². The summed E-state index contributed by atoms with van der Waals surface area (Å²) < 4.78 is 0. The molecule has 0 aliphatic heterocycles. The van der Waals surface area contributed by atoms with Crippen LogP contribution in [-0.2, 0) is 0 Å². The monoisotopic (exact) mass is 300 g/mol. The first-order chi connectivity index (χ1) is 9.99. The second-order valence-electron chi connectivity index (χ2n) is 10.1. The van der Waals surface area contributed by atoms with Crippen molar-refractivity contribution in [2.45, 2.75) is 80.1 Å². The van der Waals surface area contributed by atoms with Crippen LogP contribution < -0.4 is 0 Å². The van der Waals surface area contributed by atoms with E-state index in [0.29, 0.717) is 22.7 Å². The average Bonchev–Trinajstić information content (AvgIpc) is 3.15. The molecule has 1 aliphatic carbocycles. The highest BCUT2D eigenvalue weighted by atomic mass is 14.5. The quantitative estimate of drug-likeness (QED) is 0.561. The lowest BCUT2D eigenvalue weighted by Gasteiger charge is -2.29. The standard InChI is InChI=1S/C22H36/c1-15(2)19(14-21(3,4)5)17-11-9-16(10-12-17)18-13-20(18)22(6,7)8/h9-12,15,18-20H,13-14H2,1-8H3. The topological polar surface area (TPSA) is 0 Å². The van der Waals surface area contributed by atoms with E-state index in [-0.39, 0.29) is 0 Å². The Morgan fingerprint density at radius 3 is 1.86 bits per heavy atom. The molecule has 0 radical (unpaired) electrons. The van der Waals surface area contributed by atoms with Gasteiger partial charge in [-0.05, 0) is 58.5 Å². The Bertz CT molecular complexity index is 478. The molecule has 1 aromatic carbocycles. The first-order valence-electron chi connectivity index (χ1n) is 9.09. The summed E-state index contributed by atoms with van der Waals surface area (Å²) in [5.41, 5.74) is 3.93. The molecule has 0 nitrogen and oxygen atoms in total. The Morgan fingerprint density at radius 2 is 1.50 bits per heavy atom. The molecular formula is C22H36. The summed E-state index contributed by atoms with van der Waals surface area (Å²) in [5, 5.41) is 0. The van der Waals surface area contributed by atoms with E-state index >= 15 is 0 Å². The van der Waals surface area contributed by atoms with Crippen LogP contribution in [-0.4, -0.2) is 0 Å². The summed E-state index contributed by atoms with van der Waals surface area (Å²) in [4.78, 5) is 0. The molecule has 0 heteroatoms. The van der Waals surface area contributed by atoms with E-state index in [4.69, 9.17) is 0 Å². The minimum Gasteiger partial charge on any atom is -0.0622 e. The fraction of sp³-hybridized carbons (Fsp3) is 0.727. The Balaban J connectivity index is 2.11. The summed E-state index contributed by atoms with van der Waals surface area (Å²) in [6, 6.07) is 9.63. The molecule has 3 unspecified atom stereocenters. The van der Waals surface area contributed by atoms with E-state index in [1.165, 1.54) is 18.4 Å². The molecule has 3 atom stereocenters. The molecular weight excluding hydrogens is 264 g/mol. The van der Waals surface area contributed by atoms with E-state index in [1.54, 1.807) is 5.56 Å². The third kappa shape index (κ3) is 4.37. The third-order valence-corrected chi connectivity index (χ3v) is 5.33. The van der Waals surface area contributed by atoms with Crippen molar-refractivity contribution >= 4 is 0 Å². The summed E-state index contributed by atoms with van der Waals surface area (Å²) in [5.74, 6) is 3.04. The van der Waals surface area contributed by atoms with Gasteiger partial charge in [0, 0.05) is 0 Å². The largest absolute Gasteiger partial charge is 0.0622 e. The molecule has 0 aromatic heterocycles. The molecule has 1 aromatic rings. The normalized spacial score (nSPS) is 23.7. The molecule has 2 rings (SSSR count). The highest BCUT2D eigenvalue weighted by Crippen LogP contribution is 2.56. The van der Waals surface area contributed by atoms with E-state index in [9.17, 15) is 0 Å². The van der Waals surface area contributed by atoms with Crippen LogP contribution in [0.5, 0.6) is 0 Å². The van der Waals surface area contributed by atoms with Crippen molar-refractivity contribution in [2.75, 3.05) is 0 Å². The fourth-order valence-electron chi connectivity index (χ4n) is 3.91. The van der Waals surface area contributed by atoms with Crippen molar-refractivity contribution < 1.29 is 0 Å². The van der Waals surface area contributed by atoms with Crippen LogP contribution in [0, 0.1) is 22.7 Å². The van der Waals surface area contributed by atoms with Crippen LogP contribution in [0.25, 0.3) is 0 Å². The van der Waals surface area contributed by atoms with Gasteiger partial charge in [-0.3, -0.25) is 0 Å². The van der Waals surface area contributed by atoms with Crippen LogP contribution in [0.3, 0.4) is 0 Å². The lowest BCUT2D eigenvalue weighted by Crippen LogP contribution is -2.16. The minimum absolute atomic E-state index is 0.390. The predicted octanol–water partition coefficient (Wildman–Crippen LogP) is 7.01. The molecule has 0 saturated heterocycles. The number of hydrogen-bond acceptors (Lipinski definition) is 0. The van der Waals surface area contributed by atoms with Gasteiger partial charge in [0.15, 0.2) is 0 Å². The van der Waals surface area contributed by atoms with Gasteiger partial charge in [-0.25, -0.2) is 0 Å². The van der Waals surface area contributed by atoms with E-state index < -0.39 is 0 Å². The van der Waals surface area contributed by atoms with Gasteiger partial charge in [-0.2, -0.15) is 0 Å². The number of hydrogen-bond donors (Lipinski definition) is 0. The maximum Gasteiger partial charge on any atom is -0.0125 e. The molecule has 1 aliphatic rings. The summed E-state index contributed by atoms with van der Waals surface area (Å²) in [7, 11) is 0. The molecule has 0 N–H and O–H groups in total. The maximum absolute atomic E-state index is 2.41. The van der Waals surface area contributed by atoms with E-state index in [0.717, 1.165) is 11.8 Å². The first-order valence-corrected chi connectivity index (χ1v) is 9.09. The maximum atomic E-state index is 2.41. The van der Waals surface area contributed by atoms with Crippen LogP contribution in [0.4, 0.5) is 0 Å². The molecule has 0 heterocycles. The molecule has 22 heavy (non-hydrogen) atoms. The second-order valence-corrected chi connectivity index (χ2v) is 10.1. The molecule has 1 saturated carbocycles. The van der Waals surface area contributed by atoms with E-state index in [2.05, 4.69) is 79.7 Å². The minimum atomic E-state index is 0.390. The molecule has 0 bridgehead atoms. The third-order valence-electron chi connectivity index (χ3n) is 5.33. The number of benzene rings is 1. The fourth-order valence-corrected chi connectivity index (χ4v) is 3.91. The number of rotatable bonds is 4. The lowest BCUT2D eigenvalue weighted by atomic mass is 9.76. The van der Waals surface area contributed by atoms with Crippen LogP contribution >= 0.6 is 0 Å². The van der Waals surface area contributed by atoms with Gasteiger partial charge in [0.05, 0.1) is 0 Å². The van der Waals surface area contributed by atoms with Crippen molar-refractivity contribution in [3.8, 4) is 0 Å². The Labute approximate surface area is 138 Å². The Kier molecular flexibility index (Phi) is 4.81. The predicted molar refractivity (Wildman–Crippen MR) is 98.4 cm³/mol. The second kappa shape index (κ2) is 6.02.